The molecular weight excluding hydrogens is 360 g/mol. The Labute approximate surface area is 159 Å². The molecule has 0 saturated heterocycles. The van der Waals surface area contributed by atoms with Crippen LogP contribution >= 0.6 is 11.8 Å². The van der Waals surface area contributed by atoms with Crippen molar-refractivity contribution in [3.8, 4) is 6.07 Å². The van der Waals surface area contributed by atoms with Gasteiger partial charge in [0, 0.05) is 36.3 Å². The number of thioether (sulfide) groups is 1. The average Bonchev–Trinajstić information content (AvgIpc) is 3.26. The summed E-state index contributed by atoms with van der Waals surface area (Å²) in [5, 5.41) is 15.6. The Morgan fingerprint density at radius 3 is 2.96 bits per heavy atom. The predicted molar refractivity (Wildman–Crippen MR) is 104 cm³/mol. The van der Waals surface area contributed by atoms with Crippen LogP contribution in [0.25, 0.3) is 21.9 Å². The summed E-state index contributed by atoms with van der Waals surface area (Å²) in [5.74, 6) is 0.301. The van der Waals surface area contributed by atoms with Crippen molar-refractivity contribution in [2.24, 2.45) is 7.05 Å². The minimum Gasteiger partial charge on any atom is -0.346 e. The summed E-state index contributed by atoms with van der Waals surface area (Å²) >= 11 is 1.39. The van der Waals surface area contributed by atoms with Crippen molar-refractivity contribution in [3.63, 3.8) is 0 Å². The van der Waals surface area contributed by atoms with Gasteiger partial charge in [0.1, 0.15) is 11.4 Å². The van der Waals surface area contributed by atoms with Crippen LogP contribution in [0, 0.1) is 11.3 Å². The van der Waals surface area contributed by atoms with E-state index in [1.807, 2.05) is 42.1 Å². The van der Waals surface area contributed by atoms with Crippen LogP contribution in [0.2, 0.25) is 0 Å². The van der Waals surface area contributed by atoms with E-state index in [1.54, 1.807) is 10.9 Å². The molecule has 0 fully saturated rings. The summed E-state index contributed by atoms with van der Waals surface area (Å²) in [6.07, 6.45) is 5.46. The van der Waals surface area contributed by atoms with Gasteiger partial charge in [-0.05, 0) is 6.07 Å². The molecule has 0 aliphatic heterocycles. The Kier molecular flexibility index (Phi) is 4.60. The van der Waals surface area contributed by atoms with Crippen molar-refractivity contribution >= 4 is 39.5 Å². The van der Waals surface area contributed by atoms with E-state index >= 15 is 0 Å². The highest BCUT2D eigenvalue weighted by Crippen LogP contribution is 2.27. The summed E-state index contributed by atoms with van der Waals surface area (Å²) in [5.41, 5.74) is 2.39. The number of carbonyl (C=O) groups is 1. The molecule has 0 amide bonds. The van der Waals surface area contributed by atoms with Crippen LogP contribution < -0.4 is 0 Å². The standard InChI is InChI=1S/C19H16N6OS/c1-24-18-14(9-23-24)19(22-12-21-18)27-11-17(26)15-10-25(8-4-7-20)16-6-3-2-5-13(15)16/h2-3,5-6,9-10,12H,4,8,11H2,1H3. The summed E-state index contributed by atoms with van der Waals surface area (Å²) in [4.78, 5) is 21.4. The number of fused-ring (bicyclic) bond motifs is 2. The van der Waals surface area contributed by atoms with Gasteiger partial charge in [0.15, 0.2) is 11.4 Å². The summed E-state index contributed by atoms with van der Waals surface area (Å²) in [6, 6.07) is 9.93. The molecule has 0 saturated carbocycles. The fourth-order valence-electron chi connectivity index (χ4n) is 3.09. The Balaban J connectivity index is 1.61. The molecule has 4 aromatic rings. The quantitative estimate of drug-likeness (QED) is 0.292. The van der Waals surface area contributed by atoms with E-state index in [-0.39, 0.29) is 11.5 Å². The number of hydrogen-bond donors (Lipinski definition) is 0. The van der Waals surface area contributed by atoms with E-state index in [0.717, 1.165) is 27.0 Å². The van der Waals surface area contributed by atoms with Crippen LogP contribution in [-0.4, -0.2) is 35.9 Å². The number of aromatic nitrogens is 5. The summed E-state index contributed by atoms with van der Waals surface area (Å²) in [7, 11) is 1.82. The molecule has 134 valence electrons. The lowest BCUT2D eigenvalue weighted by Crippen LogP contribution is -2.03. The van der Waals surface area contributed by atoms with Crippen LogP contribution in [0.15, 0.2) is 48.0 Å². The molecule has 8 heteroatoms. The predicted octanol–water partition coefficient (Wildman–Crippen LogP) is 3.21. The topological polar surface area (TPSA) is 89.4 Å². The molecule has 0 spiro atoms. The largest absolute Gasteiger partial charge is 0.346 e. The van der Waals surface area contributed by atoms with Gasteiger partial charge in [-0.15, -0.1) is 0 Å². The zero-order valence-electron chi connectivity index (χ0n) is 14.7. The number of rotatable bonds is 6. The molecule has 0 bridgehead atoms. The van der Waals surface area contributed by atoms with Gasteiger partial charge in [0.05, 0.1) is 29.8 Å². The maximum Gasteiger partial charge on any atom is 0.175 e. The van der Waals surface area contributed by atoms with Crippen molar-refractivity contribution in [3.05, 3.63) is 48.5 Å². The third kappa shape index (κ3) is 3.17. The van der Waals surface area contributed by atoms with E-state index in [9.17, 15) is 4.79 Å². The summed E-state index contributed by atoms with van der Waals surface area (Å²) < 4.78 is 3.66. The first-order valence-corrected chi connectivity index (χ1v) is 9.41. The second-order valence-corrected chi connectivity index (χ2v) is 7.02. The second kappa shape index (κ2) is 7.21. The highest BCUT2D eigenvalue weighted by Gasteiger charge is 2.16. The molecule has 7 nitrogen and oxygen atoms in total. The van der Waals surface area contributed by atoms with E-state index < -0.39 is 0 Å². The lowest BCUT2D eigenvalue weighted by Gasteiger charge is -2.01. The first kappa shape index (κ1) is 17.2. The van der Waals surface area contributed by atoms with Gasteiger partial charge in [0.2, 0.25) is 0 Å². The smallest absolute Gasteiger partial charge is 0.175 e. The Morgan fingerprint density at radius 1 is 1.26 bits per heavy atom. The molecule has 3 aromatic heterocycles. The van der Waals surface area contributed by atoms with Gasteiger partial charge in [-0.25, -0.2) is 9.97 Å². The SMILES string of the molecule is Cn1ncc2c(SCC(=O)c3cn(CCC#N)c4ccccc34)ncnc21. The fourth-order valence-corrected chi connectivity index (χ4v) is 3.94. The zero-order valence-corrected chi connectivity index (χ0v) is 15.5. The number of hydrogen-bond acceptors (Lipinski definition) is 6. The molecule has 0 unspecified atom stereocenters. The van der Waals surface area contributed by atoms with Crippen molar-refractivity contribution in [1.29, 1.82) is 5.26 Å². The number of nitriles is 1. The van der Waals surface area contributed by atoms with Gasteiger partial charge < -0.3 is 4.57 Å². The van der Waals surface area contributed by atoms with Crippen molar-refractivity contribution in [2.75, 3.05) is 5.75 Å². The molecule has 3 heterocycles. The van der Waals surface area contributed by atoms with E-state index in [2.05, 4.69) is 21.1 Å². The maximum atomic E-state index is 12.9. The summed E-state index contributed by atoms with van der Waals surface area (Å²) in [6.45, 7) is 0.569. The highest BCUT2D eigenvalue weighted by atomic mass is 32.2. The lowest BCUT2D eigenvalue weighted by atomic mass is 10.1. The first-order chi connectivity index (χ1) is 13.2. The van der Waals surface area contributed by atoms with Gasteiger partial charge in [0.25, 0.3) is 0 Å². The van der Waals surface area contributed by atoms with Crippen LogP contribution in [-0.2, 0) is 13.6 Å². The second-order valence-electron chi connectivity index (χ2n) is 6.06. The third-order valence-corrected chi connectivity index (χ3v) is 5.39. The monoisotopic (exact) mass is 376 g/mol. The van der Waals surface area contributed by atoms with Crippen LogP contribution in [0.1, 0.15) is 16.8 Å². The third-order valence-electron chi connectivity index (χ3n) is 4.39. The molecule has 0 aliphatic rings. The van der Waals surface area contributed by atoms with Gasteiger partial charge in [-0.1, -0.05) is 30.0 Å². The van der Waals surface area contributed by atoms with Gasteiger partial charge in [-0.2, -0.15) is 10.4 Å². The van der Waals surface area contributed by atoms with Crippen LogP contribution in [0.5, 0.6) is 0 Å². The van der Waals surface area contributed by atoms with Crippen LogP contribution in [0.4, 0.5) is 0 Å². The van der Waals surface area contributed by atoms with Crippen molar-refractivity contribution in [1.82, 2.24) is 24.3 Å². The van der Waals surface area contributed by atoms with Crippen molar-refractivity contribution in [2.45, 2.75) is 18.0 Å². The van der Waals surface area contributed by atoms with Gasteiger partial charge in [-0.3, -0.25) is 9.48 Å². The van der Waals surface area contributed by atoms with Crippen molar-refractivity contribution < 1.29 is 4.79 Å². The highest BCUT2D eigenvalue weighted by molar-refractivity contribution is 8.00. The van der Waals surface area contributed by atoms with Gasteiger partial charge >= 0.3 is 0 Å². The van der Waals surface area contributed by atoms with E-state index in [4.69, 9.17) is 5.26 Å². The zero-order chi connectivity index (χ0) is 18.8. The molecule has 0 atom stereocenters. The average molecular weight is 376 g/mol. The lowest BCUT2D eigenvalue weighted by molar-refractivity contribution is 0.102. The fraction of sp³-hybridized carbons (Fsp3) is 0.211. The number of Topliss-reactive ketones (excluding diaryl/α,β-unsaturated/α-hetero) is 1. The Hall–Kier alpha value is -3.18. The maximum absolute atomic E-state index is 12.9. The molecule has 1 aromatic carbocycles. The molecule has 0 aliphatic carbocycles. The number of aryl methyl sites for hydroxylation is 2. The minimum absolute atomic E-state index is 0.0301. The molecule has 27 heavy (non-hydrogen) atoms. The Bertz CT molecular complexity index is 1190. The molecule has 0 N–H and O–H groups in total. The number of carbonyl (C=O) groups excluding carboxylic acids is 1. The Morgan fingerprint density at radius 2 is 2.11 bits per heavy atom. The number of benzene rings is 1. The molecular formula is C19H16N6OS. The van der Waals surface area contributed by atoms with Crippen LogP contribution in [0.3, 0.4) is 0 Å². The van der Waals surface area contributed by atoms with E-state index in [0.29, 0.717) is 18.5 Å². The van der Waals surface area contributed by atoms with E-state index in [1.165, 1.54) is 18.1 Å². The molecule has 0 radical (unpaired) electrons. The normalized spacial score (nSPS) is 11.1. The first-order valence-electron chi connectivity index (χ1n) is 8.42. The molecule has 4 rings (SSSR count). The number of nitrogens with zero attached hydrogens (tertiary/aromatic N) is 6. The number of ketones is 1. The number of para-hydroxylation sites is 1. The minimum atomic E-state index is 0.0301.